The van der Waals surface area contributed by atoms with Gasteiger partial charge in [0.1, 0.15) is 5.82 Å². The minimum Gasteiger partial charge on any atom is -0.377 e. The fraction of sp³-hybridized carbons (Fsp3) is 0.360. The maximum atomic E-state index is 13.3. The summed E-state index contributed by atoms with van der Waals surface area (Å²) in [5.74, 6) is 0.802. The topological polar surface area (TPSA) is 69.3 Å². The molecular formula is C25H27BrF3N5O. The Morgan fingerprint density at radius 2 is 1.71 bits per heavy atom. The van der Waals surface area contributed by atoms with Gasteiger partial charge in [-0.15, -0.1) is 0 Å². The van der Waals surface area contributed by atoms with E-state index in [-0.39, 0.29) is 17.8 Å². The van der Waals surface area contributed by atoms with Crippen LogP contribution < -0.4 is 20.9 Å². The molecule has 0 bridgehead atoms. The summed E-state index contributed by atoms with van der Waals surface area (Å²) in [5.41, 5.74) is 0.832. The third kappa shape index (κ3) is 6.17. The Bertz CT molecular complexity index is 1210. The lowest BCUT2D eigenvalue weighted by molar-refractivity contribution is -0.136. The van der Waals surface area contributed by atoms with Crippen molar-refractivity contribution in [1.82, 2.24) is 10.3 Å². The number of halogens is 4. The van der Waals surface area contributed by atoms with Crippen LogP contribution >= 0.6 is 15.9 Å². The summed E-state index contributed by atoms with van der Waals surface area (Å²) in [4.78, 5) is 19.2. The smallest absolute Gasteiger partial charge is 0.377 e. The summed E-state index contributed by atoms with van der Waals surface area (Å²) in [6.45, 7) is 0. The maximum Gasteiger partial charge on any atom is 0.418 e. The number of aromatic nitrogens is 1. The second kappa shape index (κ2) is 10.3. The SMILES string of the molecule is CN(C)c1cc(NC2CCC(NC(=O)Nc3ccc(Br)cc3C(F)(F)F)CC2)nc2ccccc12. The number of amides is 2. The zero-order chi connectivity index (χ0) is 25.2. The van der Waals surface area contributed by atoms with Crippen molar-refractivity contribution >= 4 is 50.1 Å². The molecule has 0 saturated heterocycles. The molecule has 3 N–H and O–H groups in total. The highest BCUT2D eigenvalue weighted by Crippen LogP contribution is 2.36. The number of carbonyl (C=O) groups is 1. The van der Waals surface area contributed by atoms with Crippen LogP contribution in [-0.2, 0) is 6.18 Å². The molecule has 1 aliphatic carbocycles. The second-order valence-corrected chi connectivity index (χ2v) is 9.83. The highest BCUT2D eigenvalue weighted by Gasteiger charge is 2.34. The number of fused-ring (bicyclic) bond motifs is 1. The van der Waals surface area contributed by atoms with Crippen LogP contribution in [0.15, 0.2) is 53.0 Å². The van der Waals surface area contributed by atoms with E-state index in [1.54, 1.807) is 0 Å². The summed E-state index contributed by atoms with van der Waals surface area (Å²) >= 11 is 3.05. The lowest BCUT2D eigenvalue weighted by Crippen LogP contribution is -2.42. The number of para-hydroxylation sites is 1. The van der Waals surface area contributed by atoms with Crippen molar-refractivity contribution in [3.05, 3.63) is 58.6 Å². The number of rotatable bonds is 5. The molecule has 4 rings (SSSR count). The Balaban J connectivity index is 1.34. The summed E-state index contributed by atoms with van der Waals surface area (Å²) in [6.07, 6.45) is -1.53. The molecule has 1 saturated carbocycles. The van der Waals surface area contributed by atoms with E-state index in [4.69, 9.17) is 4.98 Å². The molecule has 1 aliphatic rings. The number of hydrogen-bond donors (Lipinski definition) is 3. The van der Waals surface area contributed by atoms with E-state index in [0.717, 1.165) is 41.3 Å². The molecule has 1 heterocycles. The van der Waals surface area contributed by atoms with Crippen molar-refractivity contribution in [3.8, 4) is 0 Å². The first-order valence-electron chi connectivity index (χ1n) is 11.4. The first-order chi connectivity index (χ1) is 16.6. The van der Waals surface area contributed by atoms with E-state index >= 15 is 0 Å². The predicted octanol–water partition coefficient (Wildman–Crippen LogP) is 6.63. The molecule has 0 atom stereocenters. The normalized spacial score (nSPS) is 18.2. The number of alkyl halides is 3. The van der Waals surface area contributed by atoms with Crippen molar-refractivity contribution in [1.29, 1.82) is 0 Å². The summed E-state index contributed by atoms with van der Waals surface area (Å²) < 4.78 is 40.2. The highest BCUT2D eigenvalue weighted by molar-refractivity contribution is 9.10. The second-order valence-electron chi connectivity index (χ2n) is 8.92. The molecule has 0 aliphatic heterocycles. The molecule has 10 heteroatoms. The Morgan fingerprint density at radius 1 is 1.03 bits per heavy atom. The minimum absolute atomic E-state index is 0.111. The van der Waals surface area contributed by atoms with Gasteiger partial charge >= 0.3 is 12.2 Å². The predicted molar refractivity (Wildman–Crippen MR) is 137 cm³/mol. The largest absolute Gasteiger partial charge is 0.418 e. The van der Waals surface area contributed by atoms with Gasteiger partial charge in [0.2, 0.25) is 0 Å². The third-order valence-electron chi connectivity index (χ3n) is 6.13. The van der Waals surface area contributed by atoms with Gasteiger partial charge in [-0.05, 0) is 49.9 Å². The Kier molecular flexibility index (Phi) is 7.39. The molecule has 3 aromatic rings. The standard InChI is InChI=1S/C25H27BrF3N5O/c1-34(2)22-14-23(32-20-6-4-3-5-18(20)22)30-16-8-10-17(11-9-16)31-24(35)33-21-12-7-15(26)13-19(21)25(27,28)29/h3-7,12-14,16-17H,8-11H2,1-2H3,(H,30,32)(H2,31,33,35). The highest BCUT2D eigenvalue weighted by atomic mass is 79.9. The Hall–Kier alpha value is -3.01. The van der Waals surface area contributed by atoms with Crippen molar-refractivity contribution in [2.45, 2.75) is 43.9 Å². The van der Waals surface area contributed by atoms with Crippen LogP contribution in [0.5, 0.6) is 0 Å². The summed E-state index contributed by atoms with van der Waals surface area (Å²) in [6, 6.07) is 13.1. The van der Waals surface area contributed by atoms with E-state index in [2.05, 4.69) is 42.8 Å². The lowest BCUT2D eigenvalue weighted by Gasteiger charge is -2.30. The molecule has 0 spiro atoms. The van der Waals surface area contributed by atoms with Gasteiger partial charge in [0, 0.05) is 47.8 Å². The lowest BCUT2D eigenvalue weighted by atomic mass is 9.91. The average molecular weight is 550 g/mol. The Morgan fingerprint density at radius 3 is 2.40 bits per heavy atom. The molecule has 6 nitrogen and oxygen atoms in total. The van der Waals surface area contributed by atoms with Crippen LogP contribution in [0, 0.1) is 0 Å². The fourth-order valence-electron chi connectivity index (χ4n) is 4.40. The van der Waals surface area contributed by atoms with Gasteiger partial charge in [0.25, 0.3) is 0 Å². The number of urea groups is 1. The molecule has 0 radical (unpaired) electrons. The van der Waals surface area contributed by atoms with Gasteiger partial charge in [0.05, 0.1) is 16.8 Å². The first kappa shape index (κ1) is 25.1. The van der Waals surface area contributed by atoms with Gasteiger partial charge in [-0.25, -0.2) is 9.78 Å². The van der Waals surface area contributed by atoms with Crippen LogP contribution in [0.2, 0.25) is 0 Å². The van der Waals surface area contributed by atoms with E-state index in [0.29, 0.717) is 17.3 Å². The maximum absolute atomic E-state index is 13.3. The molecule has 35 heavy (non-hydrogen) atoms. The minimum atomic E-state index is -4.57. The van der Waals surface area contributed by atoms with Gasteiger partial charge in [-0.2, -0.15) is 13.2 Å². The third-order valence-corrected chi connectivity index (χ3v) is 6.62. The zero-order valence-corrected chi connectivity index (χ0v) is 21.0. The molecular weight excluding hydrogens is 523 g/mol. The zero-order valence-electron chi connectivity index (χ0n) is 19.4. The monoisotopic (exact) mass is 549 g/mol. The average Bonchev–Trinajstić information content (AvgIpc) is 2.80. The van der Waals surface area contributed by atoms with Crippen LogP contribution in [0.4, 0.5) is 35.2 Å². The van der Waals surface area contributed by atoms with Gasteiger partial charge in [-0.1, -0.05) is 34.1 Å². The number of anilines is 3. The van der Waals surface area contributed by atoms with E-state index in [9.17, 15) is 18.0 Å². The number of benzene rings is 2. The van der Waals surface area contributed by atoms with Crippen LogP contribution in [0.1, 0.15) is 31.2 Å². The summed E-state index contributed by atoms with van der Waals surface area (Å²) in [5, 5.41) is 9.77. The molecule has 1 aromatic heterocycles. The number of pyridine rings is 1. The Labute approximate surface area is 210 Å². The summed E-state index contributed by atoms with van der Waals surface area (Å²) in [7, 11) is 4.00. The van der Waals surface area contributed by atoms with E-state index < -0.39 is 17.8 Å². The molecule has 2 amide bonds. The molecule has 1 fully saturated rings. The van der Waals surface area contributed by atoms with Gasteiger partial charge in [-0.3, -0.25) is 0 Å². The van der Waals surface area contributed by atoms with Crippen molar-refractivity contribution in [2.24, 2.45) is 0 Å². The van der Waals surface area contributed by atoms with Crippen LogP contribution in [-0.4, -0.2) is 37.2 Å². The van der Waals surface area contributed by atoms with E-state index in [1.165, 1.54) is 12.1 Å². The molecule has 2 aromatic carbocycles. The number of nitrogens with zero attached hydrogens (tertiary/aromatic N) is 2. The van der Waals surface area contributed by atoms with Crippen molar-refractivity contribution in [3.63, 3.8) is 0 Å². The number of carbonyl (C=O) groups excluding carboxylic acids is 1. The fourth-order valence-corrected chi connectivity index (χ4v) is 4.76. The van der Waals surface area contributed by atoms with Crippen molar-refractivity contribution in [2.75, 3.05) is 29.6 Å². The number of hydrogen-bond acceptors (Lipinski definition) is 4. The van der Waals surface area contributed by atoms with Gasteiger partial charge in [0.15, 0.2) is 0 Å². The van der Waals surface area contributed by atoms with Crippen molar-refractivity contribution < 1.29 is 18.0 Å². The van der Waals surface area contributed by atoms with Crippen LogP contribution in [0.3, 0.4) is 0 Å². The number of nitrogens with one attached hydrogen (secondary N) is 3. The van der Waals surface area contributed by atoms with Crippen LogP contribution in [0.25, 0.3) is 10.9 Å². The molecule has 186 valence electrons. The van der Waals surface area contributed by atoms with E-state index in [1.807, 2.05) is 38.4 Å². The first-order valence-corrected chi connectivity index (χ1v) is 12.2. The quantitative estimate of drug-likeness (QED) is 0.334. The molecule has 0 unspecified atom stereocenters. The van der Waals surface area contributed by atoms with Gasteiger partial charge < -0.3 is 20.9 Å².